The van der Waals surface area contributed by atoms with Crippen LogP contribution in [0.15, 0.2) is 76.7 Å². The Bertz CT molecular complexity index is 1410. The van der Waals surface area contributed by atoms with Crippen LogP contribution in [0.25, 0.3) is 11.2 Å². The maximum absolute atomic E-state index is 12.9. The summed E-state index contributed by atoms with van der Waals surface area (Å²) < 4.78 is 8.11. The number of aromatic nitrogens is 4. The number of carbonyl (C=O) groups excluding carboxylic acids is 1. The van der Waals surface area contributed by atoms with Gasteiger partial charge in [0.15, 0.2) is 5.65 Å². The second-order valence-electron chi connectivity index (χ2n) is 8.07. The number of amides is 1. The predicted molar refractivity (Wildman–Crippen MR) is 128 cm³/mol. The monoisotopic (exact) mass is 459 g/mol. The average Bonchev–Trinajstić information content (AvgIpc) is 2.84. The lowest BCUT2D eigenvalue weighted by molar-refractivity contribution is -0.121. The first kappa shape index (κ1) is 22.9. The molecule has 0 fully saturated rings. The second-order valence-corrected chi connectivity index (χ2v) is 8.07. The Kier molecular flexibility index (Phi) is 6.82. The first-order chi connectivity index (χ1) is 16.4. The molecular formula is C25H25N5O4. The number of hydrogen-bond donors (Lipinski definition) is 1. The first-order valence-electron chi connectivity index (χ1n) is 10.9. The van der Waals surface area contributed by atoms with Crippen LogP contribution in [0.4, 0.5) is 0 Å². The summed E-state index contributed by atoms with van der Waals surface area (Å²) in [4.78, 5) is 46.8. The number of pyridine rings is 2. The number of nitrogens with zero attached hydrogens (tertiary/aromatic N) is 4. The molecule has 0 bridgehead atoms. The molecule has 3 aromatic heterocycles. The van der Waals surface area contributed by atoms with E-state index in [-0.39, 0.29) is 31.6 Å². The van der Waals surface area contributed by atoms with Crippen LogP contribution in [-0.4, -0.2) is 31.1 Å². The fourth-order valence-corrected chi connectivity index (χ4v) is 3.58. The summed E-state index contributed by atoms with van der Waals surface area (Å²) >= 11 is 0. The van der Waals surface area contributed by atoms with Gasteiger partial charge in [-0.2, -0.15) is 0 Å². The lowest BCUT2D eigenvalue weighted by Crippen LogP contribution is -2.44. The molecule has 1 N–H and O–H groups in total. The molecule has 0 saturated heterocycles. The summed E-state index contributed by atoms with van der Waals surface area (Å²) in [7, 11) is 0. The van der Waals surface area contributed by atoms with Crippen molar-refractivity contribution in [3.8, 4) is 5.75 Å². The van der Waals surface area contributed by atoms with Gasteiger partial charge in [0, 0.05) is 25.1 Å². The first-order valence-corrected chi connectivity index (χ1v) is 10.9. The molecule has 0 spiro atoms. The predicted octanol–water partition coefficient (Wildman–Crippen LogP) is 2.11. The van der Waals surface area contributed by atoms with E-state index in [9.17, 15) is 14.4 Å². The van der Waals surface area contributed by atoms with Gasteiger partial charge >= 0.3 is 11.1 Å². The molecule has 0 aliphatic rings. The maximum atomic E-state index is 12.9. The van der Waals surface area contributed by atoms with Crippen LogP contribution >= 0.6 is 0 Å². The van der Waals surface area contributed by atoms with Crippen molar-refractivity contribution in [3.05, 3.63) is 99.0 Å². The van der Waals surface area contributed by atoms with Crippen molar-refractivity contribution in [3.63, 3.8) is 0 Å². The van der Waals surface area contributed by atoms with E-state index < -0.39 is 11.1 Å². The highest BCUT2D eigenvalue weighted by molar-refractivity contribution is 5.78. The van der Waals surface area contributed by atoms with Crippen molar-refractivity contribution in [1.82, 2.24) is 24.4 Å². The van der Waals surface area contributed by atoms with Gasteiger partial charge in [0.2, 0.25) is 5.91 Å². The molecule has 9 nitrogen and oxygen atoms in total. The Labute approximate surface area is 195 Å². The minimum Gasteiger partial charge on any atom is -0.491 e. The molecule has 174 valence electrons. The smallest absolute Gasteiger partial charge is 0.318 e. The Hall–Kier alpha value is -4.27. The van der Waals surface area contributed by atoms with Gasteiger partial charge in [-0.1, -0.05) is 12.1 Å². The molecule has 4 rings (SSSR count). The lowest BCUT2D eigenvalue weighted by Gasteiger charge is -2.14. The van der Waals surface area contributed by atoms with Crippen LogP contribution in [0.1, 0.15) is 25.0 Å². The Morgan fingerprint density at radius 2 is 1.65 bits per heavy atom. The number of rotatable bonds is 8. The van der Waals surface area contributed by atoms with Crippen LogP contribution in [0.5, 0.6) is 5.75 Å². The van der Waals surface area contributed by atoms with Gasteiger partial charge < -0.3 is 10.1 Å². The number of fused-ring (bicyclic) bond motifs is 1. The van der Waals surface area contributed by atoms with E-state index in [0.29, 0.717) is 11.2 Å². The third-order valence-corrected chi connectivity index (χ3v) is 5.16. The molecule has 0 aliphatic carbocycles. The van der Waals surface area contributed by atoms with Crippen molar-refractivity contribution in [1.29, 1.82) is 0 Å². The third-order valence-electron chi connectivity index (χ3n) is 5.16. The largest absolute Gasteiger partial charge is 0.491 e. The number of ether oxygens (including phenoxy) is 1. The highest BCUT2D eigenvalue weighted by Crippen LogP contribution is 2.14. The van der Waals surface area contributed by atoms with E-state index in [2.05, 4.69) is 15.3 Å². The Balaban J connectivity index is 1.54. The minimum absolute atomic E-state index is 0.0772. The van der Waals surface area contributed by atoms with Crippen LogP contribution in [-0.2, 0) is 24.4 Å². The van der Waals surface area contributed by atoms with Crippen LogP contribution in [0.3, 0.4) is 0 Å². The van der Waals surface area contributed by atoms with Crippen molar-refractivity contribution >= 4 is 17.1 Å². The van der Waals surface area contributed by atoms with Gasteiger partial charge in [-0.3, -0.25) is 28.5 Å². The Morgan fingerprint density at radius 3 is 2.35 bits per heavy atom. The van der Waals surface area contributed by atoms with E-state index in [0.717, 1.165) is 16.9 Å². The third kappa shape index (κ3) is 5.20. The van der Waals surface area contributed by atoms with Crippen LogP contribution in [0, 0.1) is 0 Å². The van der Waals surface area contributed by atoms with Crippen molar-refractivity contribution < 1.29 is 9.53 Å². The summed E-state index contributed by atoms with van der Waals surface area (Å²) in [5.74, 6) is 0.365. The molecule has 1 aromatic carbocycles. The van der Waals surface area contributed by atoms with Gasteiger partial charge in [-0.25, -0.2) is 4.98 Å². The molecule has 0 atom stereocenters. The van der Waals surface area contributed by atoms with E-state index in [1.165, 1.54) is 9.13 Å². The zero-order chi connectivity index (χ0) is 24.1. The summed E-state index contributed by atoms with van der Waals surface area (Å²) in [5.41, 5.74) is 0.917. The number of carbonyl (C=O) groups is 1. The van der Waals surface area contributed by atoms with Crippen LogP contribution < -0.4 is 21.2 Å². The van der Waals surface area contributed by atoms with Gasteiger partial charge in [0.1, 0.15) is 12.3 Å². The topological polar surface area (TPSA) is 108 Å². The molecule has 34 heavy (non-hydrogen) atoms. The highest BCUT2D eigenvalue weighted by Gasteiger charge is 2.16. The maximum Gasteiger partial charge on any atom is 0.318 e. The molecule has 1 amide bonds. The van der Waals surface area contributed by atoms with Gasteiger partial charge in [-0.15, -0.1) is 0 Å². The summed E-state index contributed by atoms with van der Waals surface area (Å²) in [6.07, 6.45) is 4.86. The molecule has 9 heteroatoms. The SMILES string of the molecule is CC(C)Oc1ccc(CNC(=O)Cn2c(=O)c(=O)n(Cc3ccncc3)c3ncccc32)cc1. The fourth-order valence-electron chi connectivity index (χ4n) is 3.58. The zero-order valence-corrected chi connectivity index (χ0v) is 19.0. The second kappa shape index (κ2) is 10.1. The van der Waals surface area contributed by atoms with Crippen molar-refractivity contribution in [2.45, 2.75) is 39.6 Å². The summed E-state index contributed by atoms with van der Waals surface area (Å²) in [6, 6.07) is 14.3. The average molecular weight is 460 g/mol. The van der Waals surface area contributed by atoms with E-state index in [1.807, 2.05) is 38.1 Å². The summed E-state index contributed by atoms with van der Waals surface area (Å²) in [6.45, 7) is 4.07. The number of hydrogen-bond acceptors (Lipinski definition) is 6. The standard InChI is InChI=1S/C25H25N5O4/c1-17(2)34-20-7-5-18(6-8-20)14-28-22(31)16-29-21-4-3-11-27-23(21)30(25(33)24(29)32)15-19-9-12-26-13-10-19/h3-13,17H,14-16H2,1-2H3,(H,28,31). The molecule has 3 heterocycles. The van der Waals surface area contributed by atoms with Gasteiger partial charge in [0.05, 0.1) is 18.2 Å². The molecule has 4 aromatic rings. The van der Waals surface area contributed by atoms with Crippen LogP contribution in [0.2, 0.25) is 0 Å². The van der Waals surface area contributed by atoms with Gasteiger partial charge in [-0.05, 0) is 61.4 Å². The van der Waals surface area contributed by atoms with Crippen molar-refractivity contribution in [2.24, 2.45) is 0 Å². The zero-order valence-electron chi connectivity index (χ0n) is 19.0. The van der Waals surface area contributed by atoms with Gasteiger partial charge in [0.25, 0.3) is 0 Å². The summed E-state index contributed by atoms with van der Waals surface area (Å²) in [5, 5.41) is 2.80. The molecule has 0 unspecified atom stereocenters. The van der Waals surface area contributed by atoms with Crippen molar-refractivity contribution in [2.75, 3.05) is 0 Å². The molecular weight excluding hydrogens is 434 g/mol. The molecule has 0 radical (unpaired) electrons. The molecule has 0 saturated carbocycles. The minimum atomic E-state index is -0.778. The highest BCUT2D eigenvalue weighted by atomic mass is 16.5. The van der Waals surface area contributed by atoms with E-state index in [1.54, 1.807) is 42.9 Å². The van der Waals surface area contributed by atoms with E-state index in [4.69, 9.17) is 4.74 Å². The lowest BCUT2D eigenvalue weighted by atomic mass is 10.2. The number of nitrogens with one attached hydrogen (secondary N) is 1. The number of benzene rings is 1. The molecule has 0 aliphatic heterocycles. The quantitative estimate of drug-likeness (QED) is 0.404. The normalized spacial score (nSPS) is 11.0. The Morgan fingerprint density at radius 1 is 0.941 bits per heavy atom. The van der Waals surface area contributed by atoms with E-state index >= 15 is 0 Å². The fraction of sp³-hybridized carbons (Fsp3) is 0.240.